The monoisotopic (exact) mass is 323 g/mol. The minimum atomic E-state index is -0.252. The Hall–Kier alpha value is -3.15. The molecule has 0 atom stereocenters. The Morgan fingerprint density at radius 1 is 1.12 bits per heavy atom. The molecule has 122 valence electrons. The summed E-state index contributed by atoms with van der Waals surface area (Å²) >= 11 is 0. The summed E-state index contributed by atoms with van der Waals surface area (Å²) in [7, 11) is 0. The van der Waals surface area contributed by atoms with Crippen molar-refractivity contribution in [2.45, 2.75) is 13.5 Å². The maximum atomic E-state index is 11.9. The standard InChI is InChI=1S/C18H17N3O3/c1-13-7-5-6-10-15(13)23-12-16(22)19-11-17-20-18(21-24-17)14-8-3-2-4-9-14/h2-10H,11-12H2,1H3,(H,19,22). The lowest BCUT2D eigenvalue weighted by Crippen LogP contribution is -2.28. The number of rotatable bonds is 6. The number of para-hydroxylation sites is 1. The normalized spacial score (nSPS) is 10.4. The molecule has 0 fully saturated rings. The molecule has 1 heterocycles. The highest BCUT2D eigenvalue weighted by atomic mass is 16.5. The average molecular weight is 323 g/mol. The van der Waals surface area contributed by atoms with Crippen molar-refractivity contribution < 1.29 is 14.1 Å². The lowest BCUT2D eigenvalue weighted by atomic mass is 10.2. The summed E-state index contributed by atoms with van der Waals surface area (Å²) in [5.41, 5.74) is 1.84. The van der Waals surface area contributed by atoms with E-state index in [1.54, 1.807) is 0 Å². The van der Waals surface area contributed by atoms with Crippen LogP contribution in [0.2, 0.25) is 0 Å². The maximum absolute atomic E-state index is 11.9. The molecule has 0 unspecified atom stereocenters. The molecule has 6 nitrogen and oxygen atoms in total. The Morgan fingerprint density at radius 2 is 1.88 bits per heavy atom. The number of aryl methyl sites for hydroxylation is 1. The molecule has 0 spiro atoms. The lowest BCUT2D eigenvalue weighted by Gasteiger charge is -2.08. The van der Waals surface area contributed by atoms with E-state index in [0.29, 0.717) is 17.5 Å². The van der Waals surface area contributed by atoms with E-state index >= 15 is 0 Å². The van der Waals surface area contributed by atoms with Crippen LogP contribution in [0.3, 0.4) is 0 Å². The zero-order valence-electron chi connectivity index (χ0n) is 13.2. The number of ether oxygens (including phenoxy) is 1. The molecular weight excluding hydrogens is 306 g/mol. The van der Waals surface area contributed by atoms with E-state index in [4.69, 9.17) is 9.26 Å². The van der Waals surface area contributed by atoms with E-state index in [1.807, 2.05) is 61.5 Å². The molecular formula is C18H17N3O3. The molecule has 3 aromatic rings. The van der Waals surface area contributed by atoms with Gasteiger partial charge < -0.3 is 14.6 Å². The molecule has 1 N–H and O–H groups in total. The van der Waals surface area contributed by atoms with Crippen LogP contribution in [0.1, 0.15) is 11.5 Å². The van der Waals surface area contributed by atoms with Gasteiger partial charge in [-0.05, 0) is 18.6 Å². The van der Waals surface area contributed by atoms with Crippen LogP contribution in [0.4, 0.5) is 0 Å². The van der Waals surface area contributed by atoms with Crippen LogP contribution in [-0.2, 0) is 11.3 Å². The number of nitrogens with one attached hydrogen (secondary N) is 1. The van der Waals surface area contributed by atoms with Crippen molar-refractivity contribution in [2.24, 2.45) is 0 Å². The number of hydrogen-bond donors (Lipinski definition) is 1. The summed E-state index contributed by atoms with van der Waals surface area (Å²) < 4.78 is 10.6. The van der Waals surface area contributed by atoms with Crippen LogP contribution >= 0.6 is 0 Å². The van der Waals surface area contributed by atoms with Crippen molar-refractivity contribution in [2.75, 3.05) is 6.61 Å². The number of aromatic nitrogens is 2. The van der Waals surface area contributed by atoms with E-state index in [9.17, 15) is 4.79 Å². The van der Waals surface area contributed by atoms with Gasteiger partial charge in [-0.3, -0.25) is 4.79 Å². The smallest absolute Gasteiger partial charge is 0.258 e. The molecule has 0 saturated carbocycles. The summed E-state index contributed by atoms with van der Waals surface area (Å²) in [6.07, 6.45) is 0. The van der Waals surface area contributed by atoms with Crippen LogP contribution in [0.15, 0.2) is 59.1 Å². The van der Waals surface area contributed by atoms with E-state index < -0.39 is 0 Å². The van der Waals surface area contributed by atoms with Gasteiger partial charge in [-0.2, -0.15) is 4.98 Å². The number of hydrogen-bond acceptors (Lipinski definition) is 5. The summed E-state index contributed by atoms with van der Waals surface area (Å²) in [5, 5.41) is 6.59. The van der Waals surface area contributed by atoms with Crippen molar-refractivity contribution in [1.82, 2.24) is 15.5 Å². The van der Waals surface area contributed by atoms with Crippen LogP contribution < -0.4 is 10.1 Å². The molecule has 0 aliphatic carbocycles. The van der Waals surface area contributed by atoms with Gasteiger partial charge in [0.2, 0.25) is 11.7 Å². The molecule has 1 amide bonds. The molecule has 3 rings (SSSR count). The molecule has 1 aromatic heterocycles. The van der Waals surface area contributed by atoms with Crippen LogP contribution in [-0.4, -0.2) is 22.7 Å². The van der Waals surface area contributed by atoms with Crippen LogP contribution in [0, 0.1) is 6.92 Å². The zero-order valence-corrected chi connectivity index (χ0v) is 13.2. The third-order valence-corrected chi connectivity index (χ3v) is 3.39. The third-order valence-electron chi connectivity index (χ3n) is 3.39. The minimum Gasteiger partial charge on any atom is -0.484 e. The molecule has 0 aliphatic heterocycles. The molecule has 0 radical (unpaired) electrons. The second-order valence-electron chi connectivity index (χ2n) is 5.21. The quantitative estimate of drug-likeness (QED) is 0.755. The largest absolute Gasteiger partial charge is 0.484 e. The highest BCUT2D eigenvalue weighted by Crippen LogP contribution is 2.16. The molecule has 0 bridgehead atoms. The Morgan fingerprint density at radius 3 is 2.67 bits per heavy atom. The van der Waals surface area contributed by atoms with Gasteiger partial charge in [0.15, 0.2) is 6.61 Å². The Balaban J connectivity index is 1.50. The first kappa shape index (κ1) is 15.7. The highest BCUT2D eigenvalue weighted by Gasteiger charge is 2.10. The van der Waals surface area contributed by atoms with Crippen molar-refractivity contribution in [3.05, 3.63) is 66.1 Å². The zero-order chi connectivity index (χ0) is 16.8. The van der Waals surface area contributed by atoms with Gasteiger partial charge in [-0.25, -0.2) is 0 Å². The van der Waals surface area contributed by atoms with E-state index in [-0.39, 0.29) is 19.1 Å². The predicted molar refractivity (Wildman–Crippen MR) is 88.3 cm³/mol. The minimum absolute atomic E-state index is 0.0649. The number of benzene rings is 2. The van der Waals surface area contributed by atoms with Crippen molar-refractivity contribution in [3.63, 3.8) is 0 Å². The van der Waals surface area contributed by atoms with Crippen LogP contribution in [0.25, 0.3) is 11.4 Å². The first-order valence-corrected chi connectivity index (χ1v) is 7.55. The van der Waals surface area contributed by atoms with E-state index in [2.05, 4.69) is 15.5 Å². The van der Waals surface area contributed by atoms with Gasteiger partial charge in [0.1, 0.15) is 5.75 Å². The maximum Gasteiger partial charge on any atom is 0.258 e. The SMILES string of the molecule is Cc1ccccc1OCC(=O)NCc1nc(-c2ccccc2)no1. The first-order chi connectivity index (χ1) is 11.7. The average Bonchev–Trinajstić information content (AvgIpc) is 3.09. The van der Waals surface area contributed by atoms with Gasteiger partial charge in [0, 0.05) is 5.56 Å². The number of nitrogens with zero attached hydrogens (tertiary/aromatic N) is 2. The van der Waals surface area contributed by atoms with Gasteiger partial charge in [-0.1, -0.05) is 53.7 Å². The second-order valence-corrected chi connectivity index (χ2v) is 5.21. The van der Waals surface area contributed by atoms with Gasteiger partial charge in [0.05, 0.1) is 6.54 Å². The summed E-state index contributed by atoms with van der Waals surface area (Å²) in [5.74, 6) is 1.28. The topological polar surface area (TPSA) is 77.2 Å². The Labute approximate surface area is 139 Å². The number of carbonyl (C=O) groups is 1. The fraction of sp³-hybridized carbons (Fsp3) is 0.167. The van der Waals surface area contributed by atoms with Crippen molar-refractivity contribution in [1.29, 1.82) is 0 Å². The van der Waals surface area contributed by atoms with Crippen molar-refractivity contribution in [3.8, 4) is 17.1 Å². The fourth-order valence-electron chi connectivity index (χ4n) is 2.12. The Kier molecular flexibility index (Phi) is 4.86. The Bertz CT molecular complexity index is 815. The van der Waals surface area contributed by atoms with Gasteiger partial charge in [-0.15, -0.1) is 0 Å². The summed E-state index contributed by atoms with van der Waals surface area (Å²) in [6, 6.07) is 17.0. The first-order valence-electron chi connectivity index (χ1n) is 7.55. The second kappa shape index (κ2) is 7.41. The number of amides is 1. The molecule has 6 heteroatoms. The van der Waals surface area contributed by atoms with Crippen molar-refractivity contribution >= 4 is 5.91 Å². The molecule has 2 aromatic carbocycles. The fourth-order valence-corrected chi connectivity index (χ4v) is 2.12. The highest BCUT2D eigenvalue weighted by molar-refractivity contribution is 5.77. The number of carbonyl (C=O) groups excluding carboxylic acids is 1. The van der Waals surface area contributed by atoms with E-state index in [1.165, 1.54) is 0 Å². The molecule has 0 aliphatic rings. The summed E-state index contributed by atoms with van der Waals surface area (Å²) in [6.45, 7) is 2.02. The van der Waals surface area contributed by atoms with E-state index in [0.717, 1.165) is 11.1 Å². The van der Waals surface area contributed by atoms with Gasteiger partial charge in [0.25, 0.3) is 5.91 Å². The van der Waals surface area contributed by atoms with Crippen LogP contribution in [0.5, 0.6) is 5.75 Å². The third kappa shape index (κ3) is 3.98. The predicted octanol–water partition coefficient (Wildman–Crippen LogP) is 2.74. The lowest BCUT2D eigenvalue weighted by molar-refractivity contribution is -0.123. The summed E-state index contributed by atoms with van der Waals surface area (Å²) in [4.78, 5) is 16.1. The molecule has 24 heavy (non-hydrogen) atoms. The molecule has 0 saturated heterocycles. The van der Waals surface area contributed by atoms with Gasteiger partial charge >= 0.3 is 0 Å².